The summed E-state index contributed by atoms with van der Waals surface area (Å²) < 4.78 is 1.59. The van der Waals surface area contributed by atoms with Crippen molar-refractivity contribution in [3.8, 4) is 0 Å². The number of pyridine rings is 1. The standard InChI is InChI=1S/C14H21N5OS/c1-4-8-15-10(3)11-6-7-12(16-9-11)21-14-18-17-13(20)19(14)5-2/h6-7,9-10,15H,4-5,8H2,1-3H3,(H,17,20). The third-order valence-corrected chi connectivity index (χ3v) is 4.14. The van der Waals surface area contributed by atoms with Crippen LogP contribution >= 0.6 is 11.8 Å². The van der Waals surface area contributed by atoms with Crippen molar-refractivity contribution >= 4 is 11.8 Å². The summed E-state index contributed by atoms with van der Waals surface area (Å²) in [4.78, 5) is 15.9. The minimum absolute atomic E-state index is 0.186. The summed E-state index contributed by atoms with van der Waals surface area (Å²) >= 11 is 1.39. The lowest BCUT2D eigenvalue weighted by atomic mass is 10.1. The molecule has 2 aromatic rings. The maximum atomic E-state index is 11.5. The number of aromatic amines is 1. The number of rotatable bonds is 7. The maximum absolute atomic E-state index is 11.5. The number of nitrogens with zero attached hydrogens (tertiary/aromatic N) is 3. The van der Waals surface area contributed by atoms with Gasteiger partial charge in [-0.25, -0.2) is 14.9 Å². The highest BCUT2D eigenvalue weighted by atomic mass is 32.2. The molecule has 0 aromatic carbocycles. The van der Waals surface area contributed by atoms with Gasteiger partial charge in [0.15, 0.2) is 5.16 Å². The molecule has 2 rings (SSSR count). The summed E-state index contributed by atoms with van der Waals surface area (Å²) in [6, 6.07) is 4.31. The molecule has 0 amide bonds. The molecule has 1 atom stereocenters. The van der Waals surface area contributed by atoms with Gasteiger partial charge in [-0.15, -0.1) is 5.10 Å². The van der Waals surface area contributed by atoms with Crippen LogP contribution in [0, 0.1) is 0 Å². The van der Waals surface area contributed by atoms with Crippen molar-refractivity contribution in [1.82, 2.24) is 25.1 Å². The second kappa shape index (κ2) is 7.42. The van der Waals surface area contributed by atoms with Gasteiger partial charge in [0.05, 0.1) is 0 Å². The Kier molecular flexibility index (Phi) is 5.58. The van der Waals surface area contributed by atoms with Crippen LogP contribution in [0.5, 0.6) is 0 Å². The highest BCUT2D eigenvalue weighted by Gasteiger charge is 2.10. The molecule has 0 bridgehead atoms. The predicted molar refractivity (Wildman–Crippen MR) is 83.6 cm³/mol. The van der Waals surface area contributed by atoms with Crippen molar-refractivity contribution in [2.75, 3.05) is 6.54 Å². The van der Waals surface area contributed by atoms with Crippen molar-refractivity contribution in [3.05, 3.63) is 34.4 Å². The number of nitrogens with one attached hydrogen (secondary N) is 2. The minimum Gasteiger partial charge on any atom is -0.310 e. The van der Waals surface area contributed by atoms with Crippen LogP contribution in [0.2, 0.25) is 0 Å². The average Bonchev–Trinajstić information content (AvgIpc) is 2.85. The fourth-order valence-corrected chi connectivity index (χ4v) is 2.78. The van der Waals surface area contributed by atoms with Crippen molar-refractivity contribution in [2.24, 2.45) is 0 Å². The van der Waals surface area contributed by atoms with Crippen molar-refractivity contribution < 1.29 is 0 Å². The Labute approximate surface area is 128 Å². The van der Waals surface area contributed by atoms with Gasteiger partial charge in [0.25, 0.3) is 0 Å². The van der Waals surface area contributed by atoms with Crippen LogP contribution in [0.25, 0.3) is 0 Å². The fourth-order valence-electron chi connectivity index (χ4n) is 1.94. The first-order chi connectivity index (χ1) is 10.2. The molecule has 0 saturated carbocycles. The van der Waals surface area contributed by atoms with Gasteiger partial charge in [0.1, 0.15) is 5.03 Å². The van der Waals surface area contributed by atoms with Crippen molar-refractivity contribution in [3.63, 3.8) is 0 Å². The molecule has 0 aliphatic carbocycles. The van der Waals surface area contributed by atoms with Gasteiger partial charge in [-0.3, -0.25) is 4.57 Å². The van der Waals surface area contributed by atoms with Crippen molar-refractivity contribution in [2.45, 2.75) is 50.0 Å². The molecule has 114 valence electrons. The van der Waals surface area contributed by atoms with E-state index in [0.29, 0.717) is 11.7 Å². The van der Waals surface area contributed by atoms with E-state index in [-0.39, 0.29) is 11.7 Å². The van der Waals surface area contributed by atoms with Crippen LogP contribution < -0.4 is 11.0 Å². The van der Waals surface area contributed by atoms with Crippen LogP contribution in [-0.4, -0.2) is 26.3 Å². The molecule has 2 N–H and O–H groups in total. The SMILES string of the molecule is CCCNC(C)c1ccc(Sc2n[nH]c(=O)n2CC)nc1. The zero-order valence-electron chi connectivity index (χ0n) is 12.6. The third kappa shape index (κ3) is 3.95. The van der Waals surface area contributed by atoms with Gasteiger partial charge in [0.2, 0.25) is 0 Å². The van der Waals surface area contributed by atoms with E-state index in [9.17, 15) is 4.79 Å². The van der Waals surface area contributed by atoms with E-state index < -0.39 is 0 Å². The molecule has 21 heavy (non-hydrogen) atoms. The first-order valence-corrected chi connectivity index (χ1v) is 7.99. The smallest absolute Gasteiger partial charge is 0.310 e. The molecule has 0 spiro atoms. The molecular weight excluding hydrogens is 286 g/mol. The van der Waals surface area contributed by atoms with E-state index >= 15 is 0 Å². The Balaban J connectivity index is 2.07. The summed E-state index contributed by atoms with van der Waals surface area (Å²) in [7, 11) is 0. The van der Waals surface area contributed by atoms with Gasteiger partial charge in [-0.1, -0.05) is 13.0 Å². The quantitative estimate of drug-likeness (QED) is 0.820. The van der Waals surface area contributed by atoms with Gasteiger partial charge >= 0.3 is 5.69 Å². The summed E-state index contributed by atoms with van der Waals surface area (Å²) in [5.41, 5.74) is 0.969. The van der Waals surface area contributed by atoms with Crippen LogP contribution in [-0.2, 0) is 6.54 Å². The van der Waals surface area contributed by atoms with Gasteiger partial charge in [-0.05, 0) is 50.2 Å². The number of hydrogen-bond donors (Lipinski definition) is 2. The summed E-state index contributed by atoms with van der Waals surface area (Å²) in [6.07, 6.45) is 2.98. The van der Waals surface area contributed by atoms with Gasteiger partial charge < -0.3 is 5.32 Å². The summed E-state index contributed by atoms with van der Waals surface area (Å²) in [6.45, 7) is 7.77. The van der Waals surface area contributed by atoms with E-state index in [2.05, 4.69) is 40.4 Å². The molecule has 0 saturated heterocycles. The highest BCUT2D eigenvalue weighted by molar-refractivity contribution is 7.99. The van der Waals surface area contributed by atoms with E-state index in [0.717, 1.165) is 23.6 Å². The Hall–Kier alpha value is -1.60. The normalized spacial score (nSPS) is 12.5. The topological polar surface area (TPSA) is 75.6 Å². The Morgan fingerprint density at radius 1 is 1.43 bits per heavy atom. The Bertz CT molecular complexity index is 619. The number of aromatic nitrogens is 4. The largest absolute Gasteiger partial charge is 0.343 e. The second-order valence-corrected chi connectivity index (χ2v) is 5.75. The molecule has 0 aliphatic rings. The zero-order chi connectivity index (χ0) is 15.2. The van der Waals surface area contributed by atoms with Gasteiger partial charge in [0, 0.05) is 18.8 Å². The second-order valence-electron chi connectivity index (χ2n) is 4.76. The molecule has 1 unspecified atom stereocenters. The molecule has 6 nitrogen and oxygen atoms in total. The monoisotopic (exact) mass is 307 g/mol. The highest BCUT2D eigenvalue weighted by Crippen LogP contribution is 2.24. The molecule has 2 aromatic heterocycles. The molecular formula is C14H21N5OS. The first-order valence-electron chi connectivity index (χ1n) is 7.18. The molecule has 0 radical (unpaired) electrons. The lowest BCUT2D eigenvalue weighted by Gasteiger charge is -2.13. The Morgan fingerprint density at radius 2 is 2.24 bits per heavy atom. The molecule has 0 aliphatic heterocycles. The first kappa shape index (κ1) is 15.8. The van der Waals surface area contributed by atoms with E-state index in [4.69, 9.17) is 0 Å². The van der Waals surface area contributed by atoms with Gasteiger partial charge in [-0.2, -0.15) is 0 Å². The number of H-pyrrole nitrogens is 1. The zero-order valence-corrected chi connectivity index (χ0v) is 13.4. The summed E-state index contributed by atoms with van der Waals surface area (Å²) in [5.74, 6) is 0. The molecule has 2 heterocycles. The third-order valence-electron chi connectivity index (χ3n) is 3.20. The van der Waals surface area contributed by atoms with E-state index in [1.165, 1.54) is 11.8 Å². The van der Waals surface area contributed by atoms with Crippen LogP contribution in [0.4, 0.5) is 0 Å². The molecule has 0 fully saturated rings. The lowest BCUT2D eigenvalue weighted by molar-refractivity contribution is 0.568. The fraction of sp³-hybridized carbons (Fsp3) is 0.500. The van der Waals surface area contributed by atoms with Crippen molar-refractivity contribution in [1.29, 1.82) is 0 Å². The van der Waals surface area contributed by atoms with E-state index in [1.54, 1.807) is 4.57 Å². The summed E-state index contributed by atoms with van der Waals surface area (Å²) in [5, 5.41) is 11.4. The van der Waals surface area contributed by atoms with Crippen LogP contribution in [0.15, 0.2) is 33.3 Å². The van der Waals surface area contributed by atoms with E-state index in [1.807, 2.05) is 19.2 Å². The number of hydrogen-bond acceptors (Lipinski definition) is 5. The maximum Gasteiger partial charge on any atom is 0.343 e. The van der Waals surface area contributed by atoms with Crippen LogP contribution in [0.3, 0.4) is 0 Å². The lowest BCUT2D eigenvalue weighted by Crippen LogP contribution is -2.19. The average molecular weight is 307 g/mol. The predicted octanol–water partition coefficient (Wildman–Crippen LogP) is 2.20. The minimum atomic E-state index is -0.186. The van der Waals surface area contributed by atoms with Crippen LogP contribution in [0.1, 0.15) is 38.8 Å². The molecule has 7 heteroatoms. The Morgan fingerprint density at radius 3 is 2.86 bits per heavy atom.